The van der Waals surface area contributed by atoms with Crippen LogP contribution in [0.2, 0.25) is 5.02 Å². The molecule has 0 aliphatic rings. The maximum atomic E-state index is 9.41. The smallest absolute Gasteiger partial charge is 0.118 e. The summed E-state index contributed by atoms with van der Waals surface area (Å²) in [5.74, 6) is 0.327. The number of hydrogen-bond donors (Lipinski definition) is 1. The Bertz CT molecular complexity index is 474. The summed E-state index contributed by atoms with van der Waals surface area (Å²) in [4.78, 5) is 0. The zero-order chi connectivity index (χ0) is 10.8. The molecule has 76 valence electrons. The summed E-state index contributed by atoms with van der Waals surface area (Å²) in [6, 6.07) is 13.2. The number of phenolic OH excluding ortho intramolecular Hbond substituents is 1. The van der Waals surface area contributed by atoms with Crippen molar-refractivity contribution in [2.75, 3.05) is 0 Å². The van der Waals surface area contributed by atoms with E-state index in [4.69, 9.17) is 11.6 Å². The number of aromatic hydroxyl groups is 1. The normalized spacial score (nSPS) is 10.3. The highest BCUT2D eigenvalue weighted by molar-refractivity contribution is 6.30. The Balaban J connectivity index is 2.45. The van der Waals surface area contributed by atoms with Crippen LogP contribution in [0.15, 0.2) is 42.5 Å². The third-order valence-corrected chi connectivity index (χ3v) is 2.63. The lowest BCUT2D eigenvalue weighted by Crippen LogP contribution is -1.80. The van der Waals surface area contributed by atoms with E-state index in [0.29, 0.717) is 5.75 Å². The first-order valence-corrected chi connectivity index (χ1v) is 5.10. The van der Waals surface area contributed by atoms with Gasteiger partial charge in [0.05, 0.1) is 0 Å². The van der Waals surface area contributed by atoms with Crippen LogP contribution in [0, 0.1) is 6.92 Å². The van der Waals surface area contributed by atoms with E-state index in [9.17, 15) is 5.11 Å². The topological polar surface area (TPSA) is 20.2 Å². The Morgan fingerprint density at radius 3 is 2.13 bits per heavy atom. The van der Waals surface area contributed by atoms with Crippen molar-refractivity contribution in [2.45, 2.75) is 6.92 Å². The molecule has 0 saturated carbocycles. The molecule has 0 aromatic heterocycles. The summed E-state index contributed by atoms with van der Waals surface area (Å²) in [6.45, 7) is 1.88. The summed E-state index contributed by atoms with van der Waals surface area (Å²) in [5, 5.41) is 10.1. The van der Waals surface area contributed by atoms with Crippen molar-refractivity contribution in [1.82, 2.24) is 0 Å². The summed E-state index contributed by atoms with van der Waals surface area (Å²) < 4.78 is 0. The van der Waals surface area contributed by atoms with E-state index in [1.165, 1.54) is 0 Å². The Hall–Kier alpha value is -1.47. The predicted octanol–water partition coefficient (Wildman–Crippen LogP) is 4.02. The zero-order valence-corrected chi connectivity index (χ0v) is 9.12. The van der Waals surface area contributed by atoms with Gasteiger partial charge >= 0.3 is 0 Å². The van der Waals surface area contributed by atoms with E-state index in [2.05, 4.69) is 0 Å². The van der Waals surface area contributed by atoms with Gasteiger partial charge in [0.25, 0.3) is 0 Å². The average molecular weight is 219 g/mol. The third-order valence-electron chi connectivity index (χ3n) is 2.37. The Morgan fingerprint density at radius 2 is 1.53 bits per heavy atom. The Labute approximate surface area is 94.0 Å². The van der Waals surface area contributed by atoms with Gasteiger partial charge < -0.3 is 5.11 Å². The maximum absolute atomic E-state index is 9.41. The molecule has 0 spiro atoms. The van der Waals surface area contributed by atoms with Crippen molar-refractivity contribution in [2.24, 2.45) is 0 Å². The molecule has 0 fully saturated rings. The van der Waals surface area contributed by atoms with Crippen LogP contribution in [-0.4, -0.2) is 5.11 Å². The van der Waals surface area contributed by atoms with E-state index in [1.54, 1.807) is 6.07 Å². The van der Waals surface area contributed by atoms with Crippen molar-refractivity contribution >= 4 is 11.6 Å². The molecule has 15 heavy (non-hydrogen) atoms. The second-order valence-corrected chi connectivity index (χ2v) is 3.94. The van der Waals surface area contributed by atoms with E-state index < -0.39 is 0 Å². The maximum Gasteiger partial charge on any atom is 0.118 e. The van der Waals surface area contributed by atoms with Crippen LogP contribution in [-0.2, 0) is 0 Å². The van der Waals surface area contributed by atoms with Gasteiger partial charge in [0, 0.05) is 5.02 Å². The number of phenols is 1. The highest BCUT2D eigenvalue weighted by Crippen LogP contribution is 2.26. The molecular weight excluding hydrogens is 208 g/mol. The monoisotopic (exact) mass is 218 g/mol. The van der Waals surface area contributed by atoms with E-state index in [-0.39, 0.29) is 0 Å². The van der Waals surface area contributed by atoms with Crippen molar-refractivity contribution in [3.8, 4) is 16.9 Å². The molecule has 2 aromatic carbocycles. The van der Waals surface area contributed by atoms with Gasteiger partial charge in [-0.1, -0.05) is 29.8 Å². The van der Waals surface area contributed by atoms with Gasteiger partial charge in [-0.2, -0.15) is 0 Å². The minimum Gasteiger partial charge on any atom is -0.508 e. The van der Waals surface area contributed by atoms with Crippen molar-refractivity contribution in [3.05, 3.63) is 53.1 Å². The second kappa shape index (κ2) is 3.95. The number of aryl methyl sites for hydroxylation is 1. The minimum absolute atomic E-state index is 0.327. The molecule has 2 rings (SSSR count). The molecule has 0 radical (unpaired) electrons. The molecule has 1 N–H and O–H groups in total. The van der Waals surface area contributed by atoms with Gasteiger partial charge in [0.2, 0.25) is 0 Å². The van der Waals surface area contributed by atoms with Gasteiger partial charge in [0.1, 0.15) is 5.75 Å². The van der Waals surface area contributed by atoms with Gasteiger partial charge in [-0.3, -0.25) is 0 Å². The SMILES string of the molecule is Cc1cc(-c2ccc(Cl)cc2)ccc1O. The first kappa shape index (κ1) is 10.1. The van der Waals surface area contributed by atoms with Crippen molar-refractivity contribution < 1.29 is 5.11 Å². The van der Waals surface area contributed by atoms with Crippen LogP contribution in [0.4, 0.5) is 0 Å². The highest BCUT2D eigenvalue weighted by atomic mass is 35.5. The van der Waals surface area contributed by atoms with Gasteiger partial charge in [-0.05, 0) is 47.9 Å². The number of rotatable bonds is 1. The van der Waals surface area contributed by atoms with Crippen LogP contribution in [0.3, 0.4) is 0 Å². The average Bonchev–Trinajstić information content (AvgIpc) is 2.23. The molecule has 0 saturated heterocycles. The molecule has 0 aliphatic heterocycles. The molecule has 1 nitrogen and oxygen atoms in total. The zero-order valence-electron chi connectivity index (χ0n) is 8.37. The van der Waals surface area contributed by atoms with Crippen molar-refractivity contribution in [3.63, 3.8) is 0 Å². The minimum atomic E-state index is 0.327. The standard InChI is InChI=1S/C13H11ClO/c1-9-8-11(4-7-13(9)15)10-2-5-12(14)6-3-10/h2-8,15H,1H3. The number of hydrogen-bond acceptors (Lipinski definition) is 1. The third kappa shape index (κ3) is 2.13. The van der Waals surface area contributed by atoms with Crippen LogP contribution < -0.4 is 0 Å². The van der Waals surface area contributed by atoms with Crippen LogP contribution in [0.1, 0.15) is 5.56 Å². The molecule has 2 aromatic rings. The molecule has 2 heteroatoms. The van der Waals surface area contributed by atoms with Crippen LogP contribution in [0.25, 0.3) is 11.1 Å². The van der Waals surface area contributed by atoms with Crippen LogP contribution in [0.5, 0.6) is 5.75 Å². The first-order chi connectivity index (χ1) is 7.16. The summed E-state index contributed by atoms with van der Waals surface area (Å²) >= 11 is 5.82. The fourth-order valence-corrected chi connectivity index (χ4v) is 1.60. The first-order valence-electron chi connectivity index (χ1n) is 4.72. The molecule has 0 amide bonds. The number of benzene rings is 2. The van der Waals surface area contributed by atoms with Gasteiger partial charge in [-0.15, -0.1) is 0 Å². The molecule has 0 heterocycles. The lowest BCUT2D eigenvalue weighted by molar-refractivity contribution is 0.471. The lowest BCUT2D eigenvalue weighted by atomic mass is 10.0. The van der Waals surface area contributed by atoms with Gasteiger partial charge in [-0.25, -0.2) is 0 Å². The van der Waals surface area contributed by atoms with E-state index >= 15 is 0 Å². The summed E-state index contributed by atoms with van der Waals surface area (Å²) in [7, 11) is 0. The van der Waals surface area contributed by atoms with Crippen LogP contribution >= 0.6 is 11.6 Å². The fraction of sp³-hybridized carbons (Fsp3) is 0.0769. The van der Waals surface area contributed by atoms with E-state index in [1.807, 2.05) is 43.3 Å². The van der Waals surface area contributed by atoms with Crippen molar-refractivity contribution in [1.29, 1.82) is 0 Å². The molecule has 0 bridgehead atoms. The highest BCUT2D eigenvalue weighted by Gasteiger charge is 2.00. The molecule has 0 aliphatic carbocycles. The molecule has 0 atom stereocenters. The van der Waals surface area contributed by atoms with E-state index in [0.717, 1.165) is 21.7 Å². The lowest BCUT2D eigenvalue weighted by Gasteiger charge is -2.04. The second-order valence-electron chi connectivity index (χ2n) is 3.51. The predicted molar refractivity (Wildman–Crippen MR) is 63.3 cm³/mol. The molecule has 0 unspecified atom stereocenters. The number of halogens is 1. The largest absolute Gasteiger partial charge is 0.508 e. The quantitative estimate of drug-likeness (QED) is 0.767. The molecular formula is C13H11ClO. The Kier molecular flexibility index (Phi) is 2.65. The fourth-order valence-electron chi connectivity index (χ4n) is 1.48. The van der Waals surface area contributed by atoms with Gasteiger partial charge in [0.15, 0.2) is 0 Å². The summed E-state index contributed by atoms with van der Waals surface area (Å²) in [5.41, 5.74) is 3.06. The summed E-state index contributed by atoms with van der Waals surface area (Å²) in [6.07, 6.45) is 0. The Morgan fingerprint density at radius 1 is 0.933 bits per heavy atom.